The van der Waals surface area contributed by atoms with E-state index in [0.717, 1.165) is 12.5 Å². The number of amides is 2. The second kappa shape index (κ2) is 8.91. The summed E-state index contributed by atoms with van der Waals surface area (Å²) in [5.74, 6) is -2.48. The predicted molar refractivity (Wildman–Crippen MR) is 99.6 cm³/mol. The highest BCUT2D eigenvalue weighted by Crippen LogP contribution is 2.34. The van der Waals surface area contributed by atoms with E-state index < -0.39 is 24.0 Å². The zero-order valence-corrected chi connectivity index (χ0v) is 16.4. The van der Waals surface area contributed by atoms with Gasteiger partial charge in [0.05, 0.1) is 12.0 Å². The molecule has 0 bridgehead atoms. The Bertz CT molecular complexity index is 700. The van der Waals surface area contributed by atoms with Crippen molar-refractivity contribution in [2.24, 2.45) is 5.92 Å². The lowest BCUT2D eigenvalue weighted by atomic mass is 9.90. The SMILES string of the molecule is C=CC(=O)NC1CN(C(=O)CCCc2cc(C)sc2C)CCC1C(F)(F)F. The van der Waals surface area contributed by atoms with E-state index in [4.69, 9.17) is 0 Å². The van der Waals surface area contributed by atoms with Crippen LogP contribution in [0.25, 0.3) is 0 Å². The maximum Gasteiger partial charge on any atom is 0.393 e. The molecule has 2 heterocycles. The Labute approximate surface area is 161 Å². The molecule has 1 N–H and O–H groups in total. The first-order valence-corrected chi connectivity index (χ1v) is 9.76. The van der Waals surface area contributed by atoms with Crippen LogP contribution in [-0.4, -0.2) is 42.0 Å². The average molecular weight is 402 g/mol. The fraction of sp³-hybridized carbons (Fsp3) is 0.579. The van der Waals surface area contributed by atoms with Crippen molar-refractivity contribution in [3.63, 3.8) is 0 Å². The summed E-state index contributed by atoms with van der Waals surface area (Å²) in [7, 11) is 0. The van der Waals surface area contributed by atoms with E-state index in [1.54, 1.807) is 11.3 Å². The smallest absolute Gasteiger partial charge is 0.347 e. The molecule has 0 spiro atoms. The largest absolute Gasteiger partial charge is 0.393 e. The van der Waals surface area contributed by atoms with Crippen LogP contribution in [0.2, 0.25) is 0 Å². The number of aryl methyl sites for hydroxylation is 3. The normalized spacial score (nSPS) is 20.4. The molecular weight excluding hydrogens is 377 g/mol. The summed E-state index contributed by atoms with van der Waals surface area (Å²) in [5.41, 5.74) is 1.22. The van der Waals surface area contributed by atoms with Crippen molar-refractivity contribution >= 4 is 23.2 Å². The lowest BCUT2D eigenvalue weighted by Gasteiger charge is -2.39. The number of alkyl halides is 3. The number of hydrogen-bond donors (Lipinski definition) is 1. The van der Waals surface area contributed by atoms with E-state index in [1.165, 1.54) is 20.2 Å². The molecule has 1 aliphatic rings. The highest BCUT2D eigenvalue weighted by Gasteiger charge is 2.48. The summed E-state index contributed by atoms with van der Waals surface area (Å²) in [6.07, 6.45) is -1.97. The first-order chi connectivity index (χ1) is 12.6. The fourth-order valence-corrected chi connectivity index (χ4v) is 4.45. The summed E-state index contributed by atoms with van der Waals surface area (Å²) >= 11 is 1.72. The third-order valence-electron chi connectivity index (χ3n) is 4.88. The van der Waals surface area contributed by atoms with Crippen molar-refractivity contribution in [1.29, 1.82) is 0 Å². The molecule has 1 fully saturated rings. The lowest BCUT2D eigenvalue weighted by molar-refractivity contribution is -0.194. The molecule has 0 aromatic carbocycles. The molecule has 0 radical (unpaired) electrons. The Kier molecular flexibility index (Phi) is 7.08. The van der Waals surface area contributed by atoms with Crippen molar-refractivity contribution in [3.8, 4) is 0 Å². The van der Waals surface area contributed by atoms with Crippen LogP contribution in [0.4, 0.5) is 13.2 Å². The number of halogens is 3. The summed E-state index contributed by atoms with van der Waals surface area (Å²) in [6.45, 7) is 7.28. The van der Waals surface area contributed by atoms with Crippen LogP contribution in [0.5, 0.6) is 0 Å². The topological polar surface area (TPSA) is 49.4 Å². The number of nitrogens with zero attached hydrogens (tertiary/aromatic N) is 1. The van der Waals surface area contributed by atoms with Crippen LogP contribution in [0.1, 0.15) is 34.6 Å². The highest BCUT2D eigenvalue weighted by atomic mass is 32.1. The molecule has 1 aromatic heterocycles. The number of rotatable bonds is 6. The van der Waals surface area contributed by atoms with E-state index >= 15 is 0 Å². The molecule has 2 unspecified atom stereocenters. The van der Waals surface area contributed by atoms with E-state index in [1.807, 2.05) is 13.8 Å². The molecule has 0 aliphatic carbocycles. The zero-order chi connectivity index (χ0) is 20.2. The minimum atomic E-state index is -4.41. The minimum Gasteiger partial charge on any atom is -0.347 e. The van der Waals surface area contributed by atoms with Crippen LogP contribution in [0.3, 0.4) is 0 Å². The molecule has 2 amide bonds. The molecule has 8 heteroatoms. The second-order valence-corrected chi connectivity index (χ2v) is 8.35. The van der Waals surface area contributed by atoms with E-state index in [-0.39, 0.29) is 31.8 Å². The molecule has 27 heavy (non-hydrogen) atoms. The van der Waals surface area contributed by atoms with Crippen LogP contribution in [-0.2, 0) is 16.0 Å². The average Bonchev–Trinajstić information content (AvgIpc) is 2.91. The van der Waals surface area contributed by atoms with Crippen LogP contribution < -0.4 is 5.32 Å². The molecule has 2 rings (SSSR count). The Morgan fingerprint density at radius 1 is 1.41 bits per heavy atom. The molecule has 4 nitrogen and oxygen atoms in total. The lowest BCUT2D eigenvalue weighted by Crippen LogP contribution is -2.57. The standard InChI is InChI=1S/C19H25F3N2O2S/c1-4-17(25)23-16-11-24(9-8-15(16)19(20,21)22)18(26)7-5-6-14-10-12(2)27-13(14)3/h4,10,15-16H,1,5-9,11H2,2-3H3,(H,23,25). The molecule has 1 aromatic rings. The van der Waals surface area contributed by atoms with Gasteiger partial charge >= 0.3 is 6.18 Å². The number of hydrogen-bond acceptors (Lipinski definition) is 3. The zero-order valence-electron chi connectivity index (χ0n) is 15.6. The van der Waals surface area contributed by atoms with Gasteiger partial charge in [-0.15, -0.1) is 11.3 Å². The Balaban J connectivity index is 1.93. The third-order valence-corrected chi connectivity index (χ3v) is 5.89. The third kappa shape index (κ3) is 5.82. The summed E-state index contributed by atoms with van der Waals surface area (Å²) in [4.78, 5) is 27.8. The van der Waals surface area contributed by atoms with Crippen molar-refractivity contribution in [3.05, 3.63) is 34.0 Å². The van der Waals surface area contributed by atoms with Gasteiger partial charge in [-0.25, -0.2) is 0 Å². The van der Waals surface area contributed by atoms with Gasteiger partial charge in [-0.2, -0.15) is 13.2 Å². The highest BCUT2D eigenvalue weighted by molar-refractivity contribution is 7.12. The van der Waals surface area contributed by atoms with Gasteiger partial charge in [-0.05, 0) is 50.8 Å². The van der Waals surface area contributed by atoms with E-state index in [9.17, 15) is 22.8 Å². The Hall–Kier alpha value is -1.83. The van der Waals surface area contributed by atoms with Gasteiger partial charge in [0.1, 0.15) is 0 Å². The van der Waals surface area contributed by atoms with Gasteiger partial charge in [0.2, 0.25) is 11.8 Å². The van der Waals surface area contributed by atoms with Crippen molar-refractivity contribution in [2.45, 2.75) is 51.7 Å². The van der Waals surface area contributed by atoms with Crippen molar-refractivity contribution in [1.82, 2.24) is 10.2 Å². The Morgan fingerprint density at radius 2 is 2.11 bits per heavy atom. The maximum atomic E-state index is 13.2. The first-order valence-electron chi connectivity index (χ1n) is 8.95. The molecule has 0 saturated carbocycles. The number of carbonyl (C=O) groups is 2. The Morgan fingerprint density at radius 3 is 2.67 bits per heavy atom. The predicted octanol–water partition coefficient (Wildman–Crippen LogP) is 3.77. The van der Waals surface area contributed by atoms with Gasteiger partial charge in [0.15, 0.2) is 0 Å². The minimum absolute atomic E-state index is 0.0556. The van der Waals surface area contributed by atoms with Gasteiger partial charge in [0.25, 0.3) is 0 Å². The maximum absolute atomic E-state index is 13.2. The fourth-order valence-electron chi connectivity index (χ4n) is 3.48. The van der Waals surface area contributed by atoms with Crippen LogP contribution in [0.15, 0.2) is 18.7 Å². The van der Waals surface area contributed by atoms with Gasteiger partial charge in [0, 0.05) is 29.3 Å². The number of piperidine rings is 1. The number of carbonyl (C=O) groups excluding carboxylic acids is 2. The molecule has 1 aliphatic heterocycles. The molecule has 150 valence electrons. The number of likely N-dealkylation sites (tertiary alicyclic amines) is 1. The summed E-state index contributed by atoms with van der Waals surface area (Å²) in [5, 5.41) is 2.33. The molecular formula is C19H25F3N2O2S. The van der Waals surface area contributed by atoms with Crippen molar-refractivity contribution < 1.29 is 22.8 Å². The van der Waals surface area contributed by atoms with Gasteiger partial charge in [-0.1, -0.05) is 6.58 Å². The second-order valence-electron chi connectivity index (χ2n) is 6.89. The number of nitrogens with one attached hydrogen (secondary N) is 1. The van der Waals surface area contributed by atoms with Gasteiger partial charge < -0.3 is 10.2 Å². The van der Waals surface area contributed by atoms with E-state index in [2.05, 4.69) is 18.0 Å². The number of thiophene rings is 1. The van der Waals surface area contributed by atoms with Crippen LogP contribution >= 0.6 is 11.3 Å². The van der Waals surface area contributed by atoms with Gasteiger partial charge in [-0.3, -0.25) is 9.59 Å². The molecule has 1 saturated heterocycles. The summed E-state index contributed by atoms with van der Waals surface area (Å²) < 4.78 is 39.7. The molecule has 2 atom stereocenters. The van der Waals surface area contributed by atoms with Crippen molar-refractivity contribution in [2.75, 3.05) is 13.1 Å². The quantitative estimate of drug-likeness (QED) is 0.737. The van der Waals surface area contributed by atoms with Crippen LogP contribution in [0, 0.1) is 19.8 Å². The summed E-state index contributed by atoms with van der Waals surface area (Å²) in [6, 6.07) is 0.968. The van der Waals surface area contributed by atoms with E-state index in [0.29, 0.717) is 6.42 Å². The first kappa shape index (κ1) is 21.5. The monoisotopic (exact) mass is 402 g/mol.